The fourth-order valence-corrected chi connectivity index (χ4v) is 2.94. The van der Waals surface area contributed by atoms with Crippen molar-refractivity contribution in [1.82, 2.24) is 10.4 Å². The van der Waals surface area contributed by atoms with Crippen molar-refractivity contribution in [2.75, 3.05) is 20.2 Å². The summed E-state index contributed by atoms with van der Waals surface area (Å²) < 4.78 is 19.1. The average molecular weight is 335 g/mol. The first kappa shape index (κ1) is 18.3. The second-order valence-corrected chi connectivity index (χ2v) is 6.95. The highest BCUT2D eigenvalue weighted by atomic mass is 19.1. The smallest absolute Gasteiger partial charge is 0.250 e. The van der Waals surface area contributed by atoms with Crippen molar-refractivity contribution >= 4 is 11.6 Å². The maximum atomic E-state index is 14.1. The lowest BCUT2D eigenvalue weighted by Crippen LogP contribution is -2.55. The van der Waals surface area contributed by atoms with Crippen molar-refractivity contribution in [2.45, 2.75) is 27.7 Å². The van der Waals surface area contributed by atoms with Crippen molar-refractivity contribution in [3.63, 3.8) is 0 Å². The van der Waals surface area contributed by atoms with Gasteiger partial charge >= 0.3 is 0 Å². The van der Waals surface area contributed by atoms with Crippen LogP contribution in [0.4, 0.5) is 4.39 Å². The molecule has 0 spiro atoms. The number of amides is 1. The van der Waals surface area contributed by atoms with E-state index in [1.165, 1.54) is 13.2 Å². The maximum absolute atomic E-state index is 14.1. The highest BCUT2D eigenvalue weighted by Crippen LogP contribution is 2.37. The molecule has 2 rings (SSSR count). The molecule has 1 aromatic rings. The molecule has 0 atom stereocenters. The quantitative estimate of drug-likeness (QED) is 0.868. The zero-order valence-corrected chi connectivity index (χ0v) is 14.9. The summed E-state index contributed by atoms with van der Waals surface area (Å²) in [5, 5.41) is 1.60. The first-order valence-corrected chi connectivity index (χ1v) is 8.08. The van der Waals surface area contributed by atoms with E-state index >= 15 is 0 Å². The monoisotopic (exact) mass is 335 g/mol. The second kappa shape index (κ2) is 6.81. The molecule has 1 aliphatic rings. The van der Waals surface area contributed by atoms with Crippen molar-refractivity contribution in [1.29, 1.82) is 0 Å². The van der Waals surface area contributed by atoms with E-state index in [0.29, 0.717) is 23.7 Å². The van der Waals surface area contributed by atoms with Gasteiger partial charge in [-0.25, -0.2) is 4.39 Å². The molecule has 0 saturated heterocycles. The van der Waals surface area contributed by atoms with Crippen LogP contribution < -0.4 is 15.9 Å². The second-order valence-electron chi connectivity index (χ2n) is 6.95. The summed E-state index contributed by atoms with van der Waals surface area (Å²) in [4.78, 5) is 12.8. The molecule has 1 heterocycles. The van der Waals surface area contributed by atoms with Crippen molar-refractivity contribution < 1.29 is 13.9 Å². The lowest BCUT2D eigenvalue weighted by atomic mass is 9.79. The minimum atomic E-state index is -0.749. The van der Waals surface area contributed by atoms with E-state index in [1.54, 1.807) is 17.1 Å². The highest BCUT2D eigenvalue weighted by Gasteiger charge is 2.41. The Labute approximate surface area is 142 Å². The molecule has 0 aliphatic carbocycles. The van der Waals surface area contributed by atoms with Crippen LogP contribution in [0.15, 0.2) is 23.8 Å². The summed E-state index contributed by atoms with van der Waals surface area (Å²) >= 11 is 0. The van der Waals surface area contributed by atoms with Crippen LogP contribution >= 0.6 is 0 Å². The minimum absolute atomic E-state index is 0.0330. The number of nitrogens with two attached hydrogens (primary N) is 1. The van der Waals surface area contributed by atoms with Gasteiger partial charge in [-0.1, -0.05) is 13.8 Å². The van der Waals surface area contributed by atoms with Crippen LogP contribution in [0.1, 0.15) is 33.3 Å². The summed E-state index contributed by atoms with van der Waals surface area (Å²) in [6.07, 6.45) is 0. The number of nitrogens with zero attached hydrogens (tertiary/aromatic N) is 1. The summed E-state index contributed by atoms with van der Waals surface area (Å²) in [6, 6.07) is 4.74. The van der Waals surface area contributed by atoms with Crippen LogP contribution in [0.25, 0.3) is 5.70 Å². The van der Waals surface area contributed by atoms with Gasteiger partial charge in [-0.15, -0.1) is 0 Å². The first-order valence-electron chi connectivity index (χ1n) is 8.08. The Balaban J connectivity index is 2.55. The number of ether oxygens (including phenoxy) is 1. The Morgan fingerprint density at radius 3 is 2.54 bits per heavy atom. The molecule has 24 heavy (non-hydrogen) atoms. The van der Waals surface area contributed by atoms with Crippen LogP contribution in [0.2, 0.25) is 0 Å². The number of hydrogen-bond acceptors (Lipinski definition) is 4. The minimum Gasteiger partial charge on any atom is -0.494 e. The summed E-state index contributed by atoms with van der Waals surface area (Å²) in [6.45, 7) is 8.55. The molecule has 6 heteroatoms. The fraction of sp³-hybridized carbons (Fsp3) is 0.500. The fourth-order valence-electron chi connectivity index (χ4n) is 2.94. The normalized spacial score (nSPS) is 17.3. The maximum Gasteiger partial charge on any atom is 0.250 e. The summed E-state index contributed by atoms with van der Waals surface area (Å²) in [5.41, 5.74) is 10.4. The van der Waals surface area contributed by atoms with Gasteiger partial charge in [-0.3, -0.25) is 15.2 Å². The van der Waals surface area contributed by atoms with Gasteiger partial charge < -0.3 is 10.5 Å². The predicted molar refractivity (Wildman–Crippen MR) is 92.4 cm³/mol. The Bertz CT molecular complexity index is 668. The third-order valence-electron chi connectivity index (χ3n) is 4.28. The number of benzene rings is 1. The first-order chi connectivity index (χ1) is 11.2. The van der Waals surface area contributed by atoms with Gasteiger partial charge in [0, 0.05) is 18.7 Å². The average Bonchev–Trinajstić information content (AvgIpc) is 2.51. The lowest BCUT2D eigenvalue weighted by Gasteiger charge is -2.42. The van der Waals surface area contributed by atoms with Gasteiger partial charge in [-0.05, 0) is 43.5 Å². The number of rotatable bonds is 5. The van der Waals surface area contributed by atoms with Crippen LogP contribution in [0, 0.1) is 17.2 Å². The topological polar surface area (TPSA) is 67.6 Å². The molecule has 0 radical (unpaired) electrons. The Hall–Kier alpha value is -2.08. The number of carbonyl (C=O) groups is 1. The Morgan fingerprint density at radius 2 is 2.04 bits per heavy atom. The van der Waals surface area contributed by atoms with E-state index in [9.17, 15) is 9.18 Å². The molecular formula is C18H26FN3O2. The van der Waals surface area contributed by atoms with E-state index in [2.05, 4.69) is 5.43 Å². The number of hydrogen-bond donors (Lipinski definition) is 2. The largest absolute Gasteiger partial charge is 0.494 e. The van der Waals surface area contributed by atoms with Gasteiger partial charge in [0.2, 0.25) is 0 Å². The molecule has 0 saturated carbocycles. The molecule has 0 bridgehead atoms. The summed E-state index contributed by atoms with van der Waals surface area (Å²) in [7, 11) is 1.42. The number of nitrogens with one attached hydrogen (secondary N) is 1. The lowest BCUT2D eigenvalue weighted by molar-refractivity contribution is -0.142. The molecular weight excluding hydrogens is 309 g/mol. The van der Waals surface area contributed by atoms with Gasteiger partial charge in [0.05, 0.1) is 18.2 Å². The van der Waals surface area contributed by atoms with Crippen molar-refractivity contribution in [2.24, 2.45) is 17.1 Å². The molecule has 1 amide bonds. The van der Waals surface area contributed by atoms with Crippen molar-refractivity contribution in [3.8, 4) is 5.75 Å². The molecule has 3 N–H and O–H groups in total. The number of methoxy groups -OCH3 is 1. The van der Waals surface area contributed by atoms with E-state index < -0.39 is 11.2 Å². The number of carbonyl (C=O) groups excluding carboxylic acids is 1. The zero-order chi connectivity index (χ0) is 18.1. The van der Waals surface area contributed by atoms with E-state index in [1.807, 2.05) is 27.7 Å². The highest BCUT2D eigenvalue weighted by molar-refractivity contribution is 5.91. The van der Waals surface area contributed by atoms with Gasteiger partial charge in [-0.2, -0.15) is 0 Å². The molecule has 1 aromatic carbocycles. The van der Waals surface area contributed by atoms with E-state index in [4.69, 9.17) is 10.5 Å². The predicted octanol–water partition coefficient (Wildman–Crippen LogP) is 2.53. The van der Waals surface area contributed by atoms with Gasteiger partial charge in [0.15, 0.2) is 11.6 Å². The molecule has 0 aromatic heterocycles. The Morgan fingerprint density at radius 1 is 1.38 bits per heavy atom. The van der Waals surface area contributed by atoms with Gasteiger partial charge in [0.1, 0.15) is 0 Å². The molecule has 5 nitrogen and oxygen atoms in total. The van der Waals surface area contributed by atoms with Gasteiger partial charge in [0.25, 0.3) is 5.91 Å². The molecule has 1 aliphatic heterocycles. The zero-order valence-electron chi connectivity index (χ0n) is 14.9. The van der Waals surface area contributed by atoms with Crippen LogP contribution in [0.3, 0.4) is 0 Å². The summed E-state index contributed by atoms with van der Waals surface area (Å²) in [5.74, 6) is -0.00969. The van der Waals surface area contributed by atoms with Crippen LogP contribution in [-0.2, 0) is 4.79 Å². The number of hydrazine groups is 1. The third kappa shape index (κ3) is 3.24. The van der Waals surface area contributed by atoms with Crippen molar-refractivity contribution in [3.05, 3.63) is 35.2 Å². The van der Waals surface area contributed by atoms with E-state index in [0.717, 1.165) is 5.57 Å². The molecule has 132 valence electrons. The SMILES string of the molecule is COc1ccc(C2=C(CN)C(C)(C)C(=O)N(CC(C)C)N2)cc1F. The Kier molecular flexibility index (Phi) is 5.18. The number of halogens is 1. The standard InChI is InChI=1S/C18H26FN3O2/c1-11(2)10-22-17(23)18(3,4)13(9-20)16(21-22)12-6-7-15(24-5)14(19)8-12/h6-8,11,21H,9-10,20H2,1-5H3. The van der Waals surface area contributed by atoms with E-state index in [-0.39, 0.29) is 18.2 Å². The van der Waals surface area contributed by atoms with Crippen LogP contribution in [0.5, 0.6) is 5.75 Å². The molecule has 0 fully saturated rings. The molecule has 0 unspecified atom stereocenters. The third-order valence-corrected chi connectivity index (χ3v) is 4.28. The van der Waals surface area contributed by atoms with Crippen LogP contribution in [-0.4, -0.2) is 31.1 Å².